The van der Waals surface area contributed by atoms with Gasteiger partial charge in [0, 0.05) is 6.42 Å². The molecule has 0 spiro atoms. The molecule has 4 heteroatoms. The molecule has 20 heavy (non-hydrogen) atoms. The molecule has 0 saturated heterocycles. The highest BCUT2D eigenvalue weighted by Crippen LogP contribution is 2.34. The maximum Gasteiger partial charge on any atom is 0.157 e. The van der Waals surface area contributed by atoms with Gasteiger partial charge in [-0.2, -0.15) is 0 Å². The fourth-order valence-corrected chi connectivity index (χ4v) is 3.54. The summed E-state index contributed by atoms with van der Waals surface area (Å²) in [5.74, 6) is -0.105. The maximum absolute atomic E-state index is 13.6. The molecule has 1 fully saturated rings. The van der Waals surface area contributed by atoms with Crippen LogP contribution in [-0.4, -0.2) is 30.3 Å². The molecule has 0 heterocycles. The van der Waals surface area contributed by atoms with Gasteiger partial charge in [-0.1, -0.05) is 31.4 Å². The minimum absolute atomic E-state index is 0.202. The minimum Gasteiger partial charge on any atom is -0.297 e. The first kappa shape index (κ1) is 15.6. The van der Waals surface area contributed by atoms with Crippen molar-refractivity contribution in [1.82, 2.24) is 4.90 Å². The molecule has 1 aliphatic rings. The number of carbonyl (C=O) groups is 1. The van der Waals surface area contributed by atoms with Crippen LogP contribution in [0.25, 0.3) is 0 Å². The van der Waals surface area contributed by atoms with E-state index in [1.165, 1.54) is 12.5 Å². The molecule has 0 aromatic heterocycles. The van der Waals surface area contributed by atoms with Crippen molar-refractivity contribution < 1.29 is 9.18 Å². The highest BCUT2D eigenvalue weighted by Gasteiger charge is 2.40. The second kappa shape index (κ2) is 6.35. The zero-order valence-corrected chi connectivity index (χ0v) is 13.7. The fourth-order valence-electron chi connectivity index (χ4n) is 3.13. The standard InChI is InChI=1S/C16H21BrFNO/c1-19(2)16(9-4-3-5-10-16)14(20)11-12-7-6-8-13(18)15(12)17/h6-8H,3-5,9-11H2,1-2H3. The van der Waals surface area contributed by atoms with Gasteiger partial charge in [0.05, 0.1) is 10.0 Å². The van der Waals surface area contributed by atoms with Gasteiger partial charge in [-0.05, 0) is 54.5 Å². The molecule has 2 rings (SSSR count). The zero-order chi connectivity index (χ0) is 14.8. The van der Waals surface area contributed by atoms with Crippen molar-refractivity contribution in [2.75, 3.05) is 14.1 Å². The molecular formula is C16H21BrFNO. The van der Waals surface area contributed by atoms with Gasteiger partial charge in [-0.15, -0.1) is 0 Å². The van der Waals surface area contributed by atoms with Gasteiger partial charge in [-0.25, -0.2) is 4.39 Å². The molecule has 1 saturated carbocycles. The molecule has 0 radical (unpaired) electrons. The Morgan fingerprint density at radius 2 is 1.95 bits per heavy atom. The molecule has 0 bridgehead atoms. The Balaban J connectivity index is 2.23. The predicted molar refractivity (Wildman–Crippen MR) is 82.3 cm³/mol. The van der Waals surface area contributed by atoms with Gasteiger partial charge in [0.15, 0.2) is 5.78 Å². The molecule has 0 atom stereocenters. The SMILES string of the molecule is CN(C)C1(C(=O)Cc2cccc(F)c2Br)CCCCC1. The predicted octanol–water partition coefficient (Wildman–Crippen LogP) is 3.96. The summed E-state index contributed by atoms with van der Waals surface area (Å²) in [5, 5.41) is 0. The number of nitrogens with zero attached hydrogens (tertiary/aromatic N) is 1. The van der Waals surface area contributed by atoms with Crippen molar-refractivity contribution in [3.05, 3.63) is 34.1 Å². The molecule has 0 amide bonds. The van der Waals surface area contributed by atoms with Crippen LogP contribution >= 0.6 is 15.9 Å². The largest absolute Gasteiger partial charge is 0.297 e. The van der Waals surface area contributed by atoms with Crippen molar-refractivity contribution in [3.63, 3.8) is 0 Å². The third-order valence-corrected chi connectivity index (χ3v) is 5.33. The first-order valence-corrected chi connectivity index (χ1v) is 7.90. The Kier molecular flexibility index (Phi) is 4.97. The molecule has 1 aliphatic carbocycles. The molecule has 1 aromatic carbocycles. The fraction of sp³-hybridized carbons (Fsp3) is 0.562. The lowest BCUT2D eigenvalue weighted by molar-refractivity contribution is -0.131. The van der Waals surface area contributed by atoms with Crippen LogP contribution in [0.1, 0.15) is 37.7 Å². The third-order valence-electron chi connectivity index (χ3n) is 4.44. The zero-order valence-electron chi connectivity index (χ0n) is 12.1. The lowest BCUT2D eigenvalue weighted by Gasteiger charge is -2.41. The number of hydrogen-bond donors (Lipinski definition) is 0. The van der Waals surface area contributed by atoms with E-state index >= 15 is 0 Å². The number of likely N-dealkylation sites (N-methyl/N-ethyl adjacent to an activating group) is 1. The smallest absolute Gasteiger partial charge is 0.157 e. The average Bonchev–Trinajstić information content (AvgIpc) is 2.44. The second-order valence-corrected chi connectivity index (χ2v) is 6.59. The molecule has 2 nitrogen and oxygen atoms in total. The number of benzene rings is 1. The van der Waals surface area contributed by atoms with Gasteiger partial charge >= 0.3 is 0 Å². The van der Waals surface area contributed by atoms with Crippen LogP contribution in [0.5, 0.6) is 0 Å². The number of carbonyl (C=O) groups excluding carboxylic acids is 1. The third kappa shape index (κ3) is 2.96. The van der Waals surface area contributed by atoms with Crippen LogP contribution < -0.4 is 0 Å². The Labute approximate surface area is 128 Å². The summed E-state index contributed by atoms with van der Waals surface area (Å²) in [5.41, 5.74) is 0.367. The van der Waals surface area contributed by atoms with E-state index in [2.05, 4.69) is 20.8 Å². The van der Waals surface area contributed by atoms with E-state index in [4.69, 9.17) is 0 Å². The number of ketones is 1. The molecular weight excluding hydrogens is 321 g/mol. The monoisotopic (exact) mass is 341 g/mol. The highest BCUT2D eigenvalue weighted by molar-refractivity contribution is 9.10. The van der Waals surface area contributed by atoms with E-state index in [1.54, 1.807) is 6.07 Å². The van der Waals surface area contributed by atoms with Crippen LogP contribution in [-0.2, 0) is 11.2 Å². The van der Waals surface area contributed by atoms with Gasteiger partial charge in [0.25, 0.3) is 0 Å². The number of hydrogen-bond acceptors (Lipinski definition) is 2. The van der Waals surface area contributed by atoms with Crippen molar-refractivity contribution in [2.45, 2.75) is 44.1 Å². The Hall–Kier alpha value is -0.740. The second-order valence-electron chi connectivity index (χ2n) is 5.80. The summed E-state index contributed by atoms with van der Waals surface area (Å²) < 4.78 is 14.0. The summed E-state index contributed by atoms with van der Waals surface area (Å²) in [6.07, 6.45) is 5.49. The topological polar surface area (TPSA) is 20.3 Å². The van der Waals surface area contributed by atoms with E-state index in [0.29, 0.717) is 4.47 Å². The molecule has 0 aliphatic heterocycles. The summed E-state index contributed by atoms with van der Waals surface area (Å²) in [7, 11) is 3.95. The average molecular weight is 342 g/mol. The van der Waals surface area contributed by atoms with Gasteiger partial charge < -0.3 is 0 Å². The van der Waals surface area contributed by atoms with E-state index in [9.17, 15) is 9.18 Å². The first-order chi connectivity index (χ1) is 9.47. The van der Waals surface area contributed by atoms with Gasteiger partial charge in [-0.3, -0.25) is 9.69 Å². The van der Waals surface area contributed by atoms with Crippen molar-refractivity contribution in [3.8, 4) is 0 Å². The van der Waals surface area contributed by atoms with Crippen LogP contribution in [0.2, 0.25) is 0 Å². The lowest BCUT2D eigenvalue weighted by Crippen LogP contribution is -2.53. The van der Waals surface area contributed by atoms with E-state index in [0.717, 1.165) is 31.2 Å². The van der Waals surface area contributed by atoms with Gasteiger partial charge in [0.2, 0.25) is 0 Å². The van der Waals surface area contributed by atoms with Crippen LogP contribution in [0.4, 0.5) is 4.39 Å². The van der Waals surface area contributed by atoms with Crippen molar-refractivity contribution in [1.29, 1.82) is 0 Å². The molecule has 1 aromatic rings. The molecule has 0 unspecified atom stereocenters. The Morgan fingerprint density at radius 1 is 1.30 bits per heavy atom. The quantitative estimate of drug-likeness (QED) is 0.825. The minimum atomic E-state index is -0.371. The van der Waals surface area contributed by atoms with E-state index in [1.807, 2.05) is 20.2 Å². The summed E-state index contributed by atoms with van der Waals surface area (Å²) in [6.45, 7) is 0. The molecule has 110 valence electrons. The van der Waals surface area contributed by atoms with Crippen LogP contribution in [0.3, 0.4) is 0 Å². The lowest BCUT2D eigenvalue weighted by atomic mass is 9.76. The van der Waals surface area contributed by atoms with Crippen LogP contribution in [0, 0.1) is 5.82 Å². The first-order valence-electron chi connectivity index (χ1n) is 7.11. The van der Waals surface area contributed by atoms with Gasteiger partial charge in [0.1, 0.15) is 5.82 Å². The summed E-state index contributed by atoms with van der Waals surface area (Å²) >= 11 is 3.25. The molecule has 0 N–H and O–H groups in total. The number of halogens is 2. The maximum atomic E-state index is 13.6. The number of rotatable bonds is 4. The van der Waals surface area contributed by atoms with Crippen molar-refractivity contribution in [2.24, 2.45) is 0 Å². The normalized spacial score (nSPS) is 18.2. The van der Waals surface area contributed by atoms with Crippen LogP contribution in [0.15, 0.2) is 22.7 Å². The Bertz CT molecular complexity index is 495. The Morgan fingerprint density at radius 3 is 2.55 bits per heavy atom. The van der Waals surface area contributed by atoms with E-state index < -0.39 is 0 Å². The summed E-state index contributed by atoms with van der Waals surface area (Å²) in [6, 6.07) is 4.88. The van der Waals surface area contributed by atoms with E-state index in [-0.39, 0.29) is 23.6 Å². The highest BCUT2D eigenvalue weighted by atomic mass is 79.9. The summed E-state index contributed by atoms with van der Waals surface area (Å²) in [4.78, 5) is 14.9. The van der Waals surface area contributed by atoms with Crippen molar-refractivity contribution >= 4 is 21.7 Å². The number of Topliss-reactive ketones (excluding diaryl/α,β-unsaturated/α-hetero) is 1.